The molecule has 2 aliphatic heterocycles. The summed E-state index contributed by atoms with van der Waals surface area (Å²) in [6.45, 7) is 10.9. The molecule has 0 aromatic heterocycles. The van der Waals surface area contributed by atoms with Gasteiger partial charge in [-0.25, -0.2) is 4.79 Å². The third kappa shape index (κ3) is 10.8. The summed E-state index contributed by atoms with van der Waals surface area (Å²) in [6, 6.07) is -3.41. The van der Waals surface area contributed by atoms with Crippen LogP contribution in [0.4, 0.5) is 4.79 Å². The van der Waals surface area contributed by atoms with Crippen LogP contribution in [0.1, 0.15) is 117 Å². The molecule has 0 spiro atoms. The highest BCUT2D eigenvalue weighted by molar-refractivity contribution is 6.38. The van der Waals surface area contributed by atoms with E-state index in [1.165, 1.54) is 17.4 Å². The number of rotatable bonds is 15. The molecule has 4 atom stereocenters. The molecule has 4 rings (SSSR count). The number of ketones is 1. The first kappa shape index (κ1) is 38.4. The van der Waals surface area contributed by atoms with Gasteiger partial charge in [0.1, 0.15) is 12.1 Å². The van der Waals surface area contributed by atoms with Gasteiger partial charge in [-0.1, -0.05) is 65.4 Å². The fourth-order valence-electron chi connectivity index (χ4n) is 7.73. The lowest BCUT2D eigenvalue weighted by Crippen LogP contribution is -2.61. The van der Waals surface area contributed by atoms with E-state index in [2.05, 4.69) is 27.8 Å². The number of hydrogen-bond acceptors (Lipinski definition) is 6. The molecule has 2 aliphatic carbocycles. The Kier molecular flexibility index (Phi) is 14.1. The van der Waals surface area contributed by atoms with Gasteiger partial charge >= 0.3 is 6.03 Å². The zero-order valence-corrected chi connectivity index (χ0v) is 30.0. The molecule has 2 saturated carbocycles. The van der Waals surface area contributed by atoms with Gasteiger partial charge in [0.05, 0.1) is 12.1 Å². The van der Waals surface area contributed by atoms with Crippen molar-refractivity contribution in [2.45, 2.75) is 141 Å². The molecule has 6 amide bonds. The number of piperidine rings is 1. The molecule has 0 bridgehead atoms. The molecule has 4 fully saturated rings. The largest absolute Gasteiger partial charge is 0.346 e. The van der Waals surface area contributed by atoms with Gasteiger partial charge < -0.3 is 31.1 Å². The normalized spacial score (nSPS) is 22.3. The van der Waals surface area contributed by atoms with E-state index in [0.717, 1.165) is 64.2 Å². The molecule has 12 heteroatoms. The van der Waals surface area contributed by atoms with Crippen LogP contribution in [-0.2, 0) is 24.0 Å². The van der Waals surface area contributed by atoms with Crippen molar-refractivity contribution in [2.24, 2.45) is 17.3 Å². The van der Waals surface area contributed by atoms with Crippen LogP contribution >= 0.6 is 0 Å². The van der Waals surface area contributed by atoms with Crippen LogP contribution in [0.2, 0.25) is 0 Å². The molecule has 0 aromatic carbocycles. The predicted molar refractivity (Wildman–Crippen MR) is 187 cm³/mol. The smallest absolute Gasteiger partial charge is 0.315 e. The minimum Gasteiger partial charge on any atom is -0.346 e. The molecule has 274 valence electrons. The summed E-state index contributed by atoms with van der Waals surface area (Å²) in [4.78, 5) is 83.3. The van der Waals surface area contributed by atoms with Crippen molar-refractivity contribution < 1.29 is 28.8 Å². The number of nitrogens with zero attached hydrogens (tertiary/aromatic N) is 2. The maximum Gasteiger partial charge on any atom is 0.315 e. The first-order valence-corrected chi connectivity index (χ1v) is 18.8. The standard InChI is InChI=1S/C37H60N6O6/c1-5-21-38-34(47)31(45)27(20-19-25-13-11-14-25)39-33(46)29-17-12-23-43(29)35(48)32(37(2,3)4)41-36(49)40-28(26-15-7-6-8-16-26)24-42-22-10-9-18-30(42)44/h5,25-29,32H,1,6-24H2,2-4H3,(H,38,47)(H,39,46)(H2,40,41,49)/t27?,28-,29+,32-/m1/s1. The molecule has 4 N–H and O–H groups in total. The Hall–Kier alpha value is -3.44. The topological polar surface area (TPSA) is 157 Å². The van der Waals surface area contributed by atoms with Crippen LogP contribution < -0.4 is 21.3 Å². The molecule has 4 aliphatic rings. The van der Waals surface area contributed by atoms with E-state index in [4.69, 9.17) is 0 Å². The van der Waals surface area contributed by atoms with Gasteiger partial charge in [0.25, 0.3) is 5.91 Å². The second-order valence-electron chi connectivity index (χ2n) is 15.7. The lowest BCUT2D eigenvalue weighted by Gasteiger charge is -2.38. The van der Waals surface area contributed by atoms with Gasteiger partial charge in [-0.3, -0.25) is 24.0 Å². The number of nitrogens with one attached hydrogen (secondary N) is 4. The second-order valence-corrected chi connectivity index (χ2v) is 15.7. The number of urea groups is 1. The van der Waals surface area contributed by atoms with Crippen LogP contribution in [0.3, 0.4) is 0 Å². The highest BCUT2D eigenvalue weighted by Gasteiger charge is 2.43. The summed E-state index contributed by atoms with van der Waals surface area (Å²) < 4.78 is 0. The lowest BCUT2D eigenvalue weighted by atomic mass is 9.81. The predicted octanol–water partition coefficient (Wildman–Crippen LogP) is 3.59. The first-order valence-electron chi connectivity index (χ1n) is 18.8. The minimum atomic E-state index is -0.985. The average molecular weight is 685 g/mol. The van der Waals surface area contributed by atoms with Gasteiger partial charge in [-0.05, 0) is 68.6 Å². The molecule has 1 unspecified atom stereocenters. The van der Waals surface area contributed by atoms with Crippen molar-refractivity contribution in [2.75, 3.05) is 26.2 Å². The second kappa shape index (κ2) is 18.0. The van der Waals surface area contributed by atoms with Crippen molar-refractivity contribution in [3.05, 3.63) is 12.7 Å². The van der Waals surface area contributed by atoms with Crippen molar-refractivity contribution >= 4 is 35.4 Å². The zero-order valence-electron chi connectivity index (χ0n) is 30.0. The van der Waals surface area contributed by atoms with Crippen molar-refractivity contribution in [1.29, 1.82) is 0 Å². The van der Waals surface area contributed by atoms with E-state index < -0.39 is 47.2 Å². The van der Waals surface area contributed by atoms with Gasteiger partial charge in [0.15, 0.2) is 0 Å². The first-order chi connectivity index (χ1) is 23.4. The Labute approximate surface area is 292 Å². The zero-order chi connectivity index (χ0) is 35.6. The maximum atomic E-state index is 14.2. The highest BCUT2D eigenvalue weighted by Crippen LogP contribution is 2.32. The van der Waals surface area contributed by atoms with Gasteiger partial charge in [-0.15, -0.1) is 6.58 Å². The number of carbonyl (C=O) groups excluding carboxylic acids is 6. The van der Waals surface area contributed by atoms with Gasteiger partial charge in [0, 0.05) is 32.6 Å². The Morgan fingerprint density at radius 3 is 2.24 bits per heavy atom. The van der Waals surface area contributed by atoms with Crippen LogP contribution in [0, 0.1) is 17.3 Å². The summed E-state index contributed by atoms with van der Waals surface area (Å²) >= 11 is 0. The van der Waals surface area contributed by atoms with Crippen molar-refractivity contribution in [3.8, 4) is 0 Å². The SMILES string of the molecule is C=CCNC(=O)C(=O)C(CCC1CCC1)NC(=O)[C@@H]1CCCN1C(=O)[C@@H](NC(=O)N[C@H](CN1CCCCC1=O)C1CCCCC1)C(C)(C)C. The van der Waals surface area contributed by atoms with E-state index in [-0.39, 0.29) is 30.3 Å². The number of likely N-dealkylation sites (tertiary alicyclic amines) is 2. The Bertz CT molecular complexity index is 1210. The molecule has 0 aromatic rings. The summed E-state index contributed by atoms with van der Waals surface area (Å²) in [5, 5.41) is 11.5. The van der Waals surface area contributed by atoms with Crippen LogP contribution in [-0.4, -0.2) is 95.6 Å². The third-order valence-electron chi connectivity index (χ3n) is 11.0. The fourth-order valence-corrected chi connectivity index (χ4v) is 7.73. The highest BCUT2D eigenvalue weighted by atomic mass is 16.2. The van der Waals surface area contributed by atoms with Crippen molar-refractivity contribution in [3.63, 3.8) is 0 Å². The summed E-state index contributed by atoms with van der Waals surface area (Å²) in [5.74, 6) is -1.43. The number of amides is 6. The fraction of sp³-hybridized carbons (Fsp3) is 0.784. The average Bonchev–Trinajstić information content (AvgIpc) is 3.55. The molecular weight excluding hydrogens is 624 g/mol. The van der Waals surface area contributed by atoms with Crippen LogP contribution in [0.25, 0.3) is 0 Å². The molecule has 0 radical (unpaired) electrons. The van der Waals surface area contributed by atoms with E-state index in [1.807, 2.05) is 25.7 Å². The molecule has 12 nitrogen and oxygen atoms in total. The number of Topliss-reactive ketones (excluding diaryl/α,β-unsaturated/α-hetero) is 1. The lowest BCUT2D eigenvalue weighted by molar-refractivity contribution is -0.143. The Morgan fingerprint density at radius 2 is 1.61 bits per heavy atom. The van der Waals surface area contributed by atoms with E-state index >= 15 is 0 Å². The quantitative estimate of drug-likeness (QED) is 0.153. The minimum absolute atomic E-state index is 0.125. The van der Waals surface area contributed by atoms with E-state index in [9.17, 15) is 28.8 Å². The van der Waals surface area contributed by atoms with E-state index in [0.29, 0.717) is 51.2 Å². The monoisotopic (exact) mass is 684 g/mol. The summed E-state index contributed by atoms with van der Waals surface area (Å²) in [6.07, 6.45) is 14.6. The molecule has 2 saturated heterocycles. The number of carbonyl (C=O) groups is 6. The van der Waals surface area contributed by atoms with E-state index in [1.54, 1.807) is 0 Å². The van der Waals surface area contributed by atoms with Gasteiger partial charge in [0.2, 0.25) is 23.5 Å². The number of hydrogen-bond donors (Lipinski definition) is 4. The van der Waals surface area contributed by atoms with Crippen molar-refractivity contribution in [1.82, 2.24) is 31.1 Å². The molecular formula is C37H60N6O6. The molecule has 49 heavy (non-hydrogen) atoms. The van der Waals surface area contributed by atoms with Gasteiger partial charge in [-0.2, -0.15) is 0 Å². The summed E-state index contributed by atoms with van der Waals surface area (Å²) in [7, 11) is 0. The molecule has 2 heterocycles. The Balaban J connectivity index is 1.44. The van der Waals surface area contributed by atoms with Crippen LogP contribution in [0.5, 0.6) is 0 Å². The summed E-state index contributed by atoms with van der Waals surface area (Å²) in [5.41, 5.74) is -0.675. The maximum absolute atomic E-state index is 14.2. The Morgan fingerprint density at radius 1 is 0.878 bits per heavy atom. The third-order valence-corrected chi connectivity index (χ3v) is 11.0. The van der Waals surface area contributed by atoms with Crippen LogP contribution in [0.15, 0.2) is 12.7 Å².